The molecule has 0 saturated heterocycles. The van der Waals surface area contributed by atoms with Gasteiger partial charge in [0.05, 0.1) is 6.04 Å². The van der Waals surface area contributed by atoms with E-state index in [9.17, 15) is 0 Å². The first kappa shape index (κ1) is 11.2. The number of hydrogen-bond acceptors (Lipinski definition) is 4. The van der Waals surface area contributed by atoms with Gasteiger partial charge in [-0.15, -0.1) is 11.3 Å². The zero-order valence-electron chi connectivity index (χ0n) is 9.47. The fourth-order valence-corrected chi connectivity index (χ4v) is 2.50. The summed E-state index contributed by atoms with van der Waals surface area (Å²) in [4.78, 5) is 8.69. The third kappa shape index (κ3) is 2.46. The molecule has 1 unspecified atom stereocenters. The Balaban J connectivity index is 2.31. The zero-order chi connectivity index (χ0) is 11.4. The van der Waals surface area contributed by atoms with Gasteiger partial charge < -0.3 is 5.32 Å². The summed E-state index contributed by atoms with van der Waals surface area (Å²) in [6.07, 6.45) is 3.68. The van der Waals surface area contributed by atoms with Gasteiger partial charge in [-0.1, -0.05) is 13.0 Å². The van der Waals surface area contributed by atoms with Crippen LogP contribution in [0.3, 0.4) is 0 Å². The zero-order valence-corrected chi connectivity index (χ0v) is 10.3. The van der Waals surface area contributed by atoms with E-state index < -0.39 is 0 Å². The summed E-state index contributed by atoms with van der Waals surface area (Å²) in [5.74, 6) is 0. The highest BCUT2D eigenvalue weighted by Crippen LogP contribution is 2.24. The molecule has 0 aliphatic heterocycles. The largest absolute Gasteiger partial charge is 0.304 e. The normalized spacial score (nSPS) is 12.6. The van der Waals surface area contributed by atoms with Crippen molar-refractivity contribution in [1.29, 1.82) is 0 Å². The second-order valence-electron chi connectivity index (χ2n) is 3.60. The fourth-order valence-electron chi connectivity index (χ4n) is 1.60. The average Bonchev–Trinajstić information content (AvgIpc) is 2.74. The van der Waals surface area contributed by atoms with Crippen LogP contribution in [-0.2, 0) is 0 Å². The van der Waals surface area contributed by atoms with Gasteiger partial charge in [0.15, 0.2) is 0 Å². The first-order chi connectivity index (χ1) is 7.81. The van der Waals surface area contributed by atoms with E-state index >= 15 is 0 Å². The highest BCUT2D eigenvalue weighted by molar-refractivity contribution is 7.09. The first-order valence-electron chi connectivity index (χ1n) is 5.36. The summed E-state index contributed by atoms with van der Waals surface area (Å²) < 4.78 is 0. The van der Waals surface area contributed by atoms with Crippen LogP contribution in [0.15, 0.2) is 29.9 Å². The summed E-state index contributed by atoms with van der Waals surface area (Å²) in [6, 6.07) is 4.20. The molecule has 2 aromatic rings. The van der Waals surface area contributed by atoms with E-state index in [1.165, 1.54) is 5.56 Å². The number of nitrogens with zero attached hydrogens (tertiary/aromatic N) is 2. The number of hydrogen-bond donors (Lipinski definition) is 1. The van der Waals surface area contributed by atoms with Crippen LogP contribution in [0.4, 0.5) is 0 Å². The number of aromatic nitrogens is 2. The monoisotopic (exact) mass is 233 g/mol. The maximum absolute atomic E-state index is 4.53. The molecule has 2 rings (SSSR count). The number of rotatable bonds is 4. The molecule has 0 spiro atoms. The molecule has 0 aliphatic rings. The van der Waals surface area contributed by atoms with Crippen molar-refractivity contribution in [2.45, 2.75) is 19.9 Å². The third-order valence-electron chi connectivity index (χ3n) is 2.31. The standard InChI is InChI=1S/C12H15N3S/c1-3-14-11(10-5-4-6-13-7-10)12-15-9(2)8-16-12/h4-8,11,14H,3H2,1-2H3. The molecule has 1 atom stereocenters. The van der Waals surface area contributed by atoms with E-state index in [1.807, 2.05) is 19.2 Å². The van der Waals surface area contributed by atoms with Crippen molar-refractivity contribution < 1.29 is 0 Å². The molecule has 2 heterocycles. The van der Waals surface area contributed by atoms with Crippen molar-refractivity contribution in [2.24, 2.45) is 0 Å². The van der Waals surface area contributed by atoms with Crippen LogP contribution in [-0.4, -0.2) is 16.5 Å². The Morgan fingerprint density at radius 1 is 1.50 bits per heavy atom. The predicted octanol–water partition coefficient (Wildman–Crippen LogP) is 2.55. The predicted molar refractivity (Wildman–Crippen MR) is 66.6 cm³/mol. The highest BCUT2D eigenvalue weighted by atomic mass is 32.1. The van der Waals surface area contributed by atoms with Crippen LogP contribution in [0.5, 0.6) is 0 Å². The molecule has 2 aromatic heterocycles. The number of thiazole rings is 1. The summed E-state index contributed by atoms with van der Waals surface area (Å²) >= 11 is 1.69. The van der Waals surface area contributed by atoms with Gasteiger partial charge in [-0.25, -0.2) is 4.98 Å². The van der Waals surface area contributed by atoms with Crippen molar-refractivity contribution in [3.8, 4) is 0 Å². The van der Waals surface area contributed by atoms with Crippen LogP contribution in [0, 0.1) is 6.92 Å². The molecule has 0 radical (unpaired) electrons. The maximum atomic E-state index is 4.53. The van der Waals surface area contributed by atoms with Gasteiger partial charge in [-0.2, -0.15) is 0 Å². The van der Waals surface area contributed by atoms with Crippen LogP contribution >= 0.6 is 11.3 Å². The summed E-state index contributed by atoms with van der Waals surface area (Å²) in [6.45, 7) is 5.04. The lowest BCUT2D eigenvalue weighted by Gasteiger charge is -2.15. The quantitative estimate of drug-likeness (QED) is 0.882. The Morgan fingerprint density at radius 2 is 2.38 bits per heavy atom. The van der Waals surface area contributed by atoms with Crippen molar-refractivity contribution in [2.75, 3.05) is 6.54 Å². The topological polar surface area (TPSA) is 37.8 Å². The lowest BCUT2D eigenvalue weighted by molar-refractivity contribution is 0.624. The van der Waals surface area contributed by atoms with Crippen molar-refractivity contribution in [1.82, 2.24) is 15.3 Å². The molecular formula is C12H15N3S. The maximum Gasteiger partial charge on any atom is 0.114 e. The lowest BCUT2D eigenvalue weighted by atomic mass is 10.1. The average molecular weight is 233 g/mol. The van der Waals surface area contributed by atoms with E-state index in [2.05, 4.69) is 33.7 Å². The Bertz CT molecular complexity index is 439. The van der Waals surface area contributed by atoms with E-state index in [1.54, 1.807) is 17.5 Å². The molecule has 84 valence electrons. The van der Waals surface area contributed by atoms with Gasteiger partial charge in [0, 0.05) is 23.5 Å². The third-order valence-corrected chi connectivity index (χ3v) is 3.34. The van der Waals surface area contributed by atoms with Gasteiger partial charge in [0.2, 0.25) is 0 Å². The Morgan fingerprint density at radius 3 is 2.94 bits per heavy atom. The molecule has 0 amide bonds. The molecule has 0 fully saturated rings. The van der Waals surface area contributed by atoms with Crippen LogP contribution < -0.4 is 5.32 Å². The van der Waals surface area contributed by atoms with Crippen molar-refractivity contribution in [3.05, 3.63) is 46.2 Å². The summed E-state index contributed by atoms with van der Waals surface area (Å²) in [5.41, 5.74) is 2.24. The lowest BCUT2D eigenvalue weighted by Crippen LogP contribution is -2.21. The minimum atomic E-state index is 0.164. The Kier molecular flexibility index (Phi) is 3.64. The number of nitrogens with one attached hydrogen (secondary N) is 1. The second kappa shape index (κ2) is 5.18. The second-order valence-corrected chi connectivity index (χ2v) is 4.49. The van der Waals surface area contributed by atoms with Crippen LogP contribution in [0.2, 0.25) is 0 Å². The SMILES string of the molecule is CCNC(c1cccnc1)c1nc(C)cs1. The van der Waals surface area contributed by atoms with Gasteiger partial charge >= 0.3 is 0 Å². The Labute approximate surface area is 99.6 Å². The minimum absolute atomic E-state index is 0.164. The molecule has 3 nitrogen and oxygen atoms in total. The number of pyridine rings is 1. The Hall–Kier alpha value is -1.26. The minimum Gasteiger partial charge on any atom is -0.304 e. The first-order valence-corrected chi connectivity index (χ1v) is 6.24. The smallest absolute Gasteiger partial charge is 0.114 e. The van der Waals surface area contributed by atoms with Crippen LogP contribution in [0.25, 0.3) is 0 Å². The molecular weight excluding hydrogens is 218 g/mol. The highest BCUT2D eigenvalue weighted by Gasteiger charge is 2.15. The van der Waals surface area contributed by atoms with Crippen LogP contribution in [0.1, 0.15) is 29.2 Å². The van der Waals surface area contributed by atoms with E-state index in [0.29, 0.717) is 0 Å². The molecule has 0 aromatic carbocycles. The molecule has 4 heteroatoms. The van der Waals surface area contributed by atoms with E-state index in [0.717, 1.165) is 17.2 Å². The van der Waals surface area contributed by atoms with Gasteiger partial charge in [-0.05, 0) is 25.1 Å². The van der Waals surface area contributed by atoms with E-state index in [4.69, 9.17) is 0 Å². The summed E-state index contributed by atoms with van der Waals surface area (Å²) in [7, 11) is 0. The van der Waals surface area contributed by atoms with Gasteiger partial charge in [-0.3, -0.25) is 4.98 Å². The molecule has 0 bridgehead atoms. The molecule has 16 heavy (non-hydrogen) atoms. The van der Waals surface area contributed by atoms with E-state index in [-0.39, 0.29) is 6.04 Å². The van der Waals surface area contributed by atoms with Crippen molar-refractivity contribution in [3.63, 3.8) is 0 Å². The van der Waals surface area contributed by atoms with Gasteiger partial charge in [0.25, 0.3) is 0 Å². The molecule has 0 aliphatic carbocycles. The summed E-state index contributed by atoms with van der Waals surface area (Å²) in [5, 5.41) is 6.62. The molecule has 1 N–H and O–H groups in total. The molecule has 0 saturated carbocycles. The number of aryl methyl sites for hydroxylation is 1. The van der Waals surface area contributed by atoms with Gasteiger partial charge in [0.1, 0.15) is 5.01 Å². The van der Waals surface area contributed by atoms with Crippen molar-refractivity contribution >= 4 is 11.3 Å². The fraction of sp³-hybridized carbons (Fsp3) is 0.333.